The van der Waals surface area contributed by atoms with Crippen molar-refractivity contribution in [3.63, 3.8) is 0 Å². The van der Waals surface area contributed by atoms with Gasteiger partial charge in [0.05, 0.1) is 6.04 Å². The second-order valence-electron chi connectivity index (χ2n) is 5.93. The predicted octanol–water partition coefficient (Wildman–Crippen LogP) is 1.92. The summed E-state index contributed by atoms with van der Waals surface area (Å²) >= 11 is 0. The van der Waals surface area contributed by atoms with Crippen LogP contribution in [0.25, 0.3) is 0 Å². The lowest BCUT2D eigenvalue weighted by Crippen LogP contribution is -2.47. The molecule has 0 aromatic rings. The third-order valence-corrected chi connectivity index (χ3v) is 4.88. The van der Waals surface area contributed by atoms with Gasteiger partial charge >= 0.3 is 0 Å². The smallest absolute Gasteiger partial charge is 0.239 e. The Morgan fingerprint density at radius 2 is 1.82 bits per heavy atom. The molecule has 3 nitrogen and oxygen atoms in total. The number of hydrogen-bond acceptors (Lipinski definition) is 2. The minimum Gasteiger partial charge on any atom is -0.338 e. The third kappa shape index (κ3) is 2.22. The second-order valence-corrected chi connectivity index (χ2v) is 5.93. The Hall–Kier alpha value is -0.570. The van der Waals surface area contributed by atoms with Crippen LogP contribution in [0.2, 0.25) is 0 Å². The molecule has 2 atom stereocenters. The van der Waals surface area contributed by atoms with Gasteiger partial charge in [0.15, 0.2) is 0 Å². The number of hydrogen-bond donors (Lipinski definition) is 1. The van der Waals surface area contributed by atoms with Crippen LogP contribution < -0.4 is 5.32 Å². The fraction of sp³-hybridized carbons (Fsp3) is 0.929. The van der Waals surface area contributed by atoms with Crippen LogP contribution in [0, 0.1) is 5.92 Å². The van der Waals surface area contributed by atoms with E-state index >= 15 is 0 Å². The van der Waals surface area contributed by atoms with Crippen molar-refractivity contribution in [2.24, 2.45) is 5.92 Å². The summed E-state index contributed by atoms with van der Waals surface area (Å²) in [5.74, 6) is 1.21. The van der Waals surface area contributed by atoms with Crippen LogP contribution in [-0.2, 0) is 4.79 Å². The van der Waals surface area contributed by atoms with E-state index in [9.17, 15) is 4.79 Å². The van der Waals surface area contributed by atoms with Crippen LogP contribution >= 0.6 is 0 Å². The van der Waals surface area contributed by atoms with E-state index in [0.717, 1.165) is 25.4 Å². The molecule has 3 rings (SSSR count). The Morgan fingerprint density at radius 1 is 1.00 bits per heavy atom. The van der Waals surface area contributed by atoms with Crippen LogP contribution in [0.15, 0.2) is 0 Å². The monoisotopic (exact) mass is 236 g/mol. The van der Waals surface area contributed by atoms with E-state index in [1.165, 1.54) is 44.9 Å². The topological polar surface area (TPSA) is 32.3 Å². The molecule has 1 amide bonds. The summed E-state index contributed by atoms with van der Waals surface area (Å²) in [7, 11) is 0. The summed E-state index contributed by atoms with van der Waals surface area (Å²) in [6.45, 7) is 2.04. The maximum Gasteiger partial charge on any atom is 0.239 e. The first-order chi connectivity index (χ1) is 8.36. The molecule has 1 aliphatic carbocycles. The van der Waals surface area contributed by atoms with E-state index in [4.69, 9.17) is 0 Å². The molecule has 1 N–H and O–H groups in total. The van der Waals surface area contributed by atoms with Crippen LogP contribution in [0.5, 0.6) is 0 Å². The Kier molecular flexibility index (Phi) is 3.37. The number of carbonyl (C=O) groups is 1. The highest BCUT2D eigenvalue weighted by Gasteiger charge is 2.38. The summed E-state index contributed by atoms with van der Waals surface area (Å²) < 4.78 is 0. The van der Waals surface area contributed by atoms with Crippen molar-refractivity contribution in [3.8, 4) is 0 Å². The number of amides is 1. The van der Waals surface area contributed by atoms with E-state index in [-0.39, 0.29) is 6.04 Å². The number of rotatable bonds is 2. The number of nitrogens with zero attached hydrogens (tertiary/aromatic N) is 1. The number of carbonyl (C=O) groups excluding carboxylic acids is 1. The first-order valence-corrected chi connectivity index (χ1v) is 7.40. The largest absolute Gasteiger partial charge is 0.338 e. The summed E-state index contributed by atoms with van der Waals surface area (Å²) in [5.41, 5.74) is 0. The van der Waals surface area contributed by atoms with Gasteiger partial charge < -0.3 is 10.2 Å². The Bertz CT molecular complexity index is 280. The van der Waals surface area contributed by atoms with E-state index in [1.54, 1.807) is 0 Å². The molecule has 1 saturated carbocycles. The molecule has 1 unspecified atom stereocenters. The van der Waals surface area contributed by atoms with Gasteiger partial charge in [0, 0.05) is 12.6 Å². The molecule has 0 bridgehead atoms. The fourth-order valence-electron chi connectivity index (χ4n) is 3.99. The van der Waals surface area contributed by atoms with Crippen LogP contribution in [0.1, 0.15) is 51.4 Å². The van der Waals surface area contributed by atoms with E-state index in [0.29, 0.717) is 11.9 Å². The minimum atomic E-state index is 0.136. The molecule has 3 fully saturated rings. The Morgan fingerprint density at radius 3 is 2.53 bits per heavy atom. The minimum absolute atomic E-state index is 0.136. The van der Waals surface area contributed by atoms with Crippen molar-refractivity contribution >= 4 is 5.91 Å². The zero-order valence-electron chi connectivity index (χ0n) is 10.7. The Labute approximate surface area is 104 Å². The Balaban J connectivity index is 1.65. The molecule has 2 heterocycles. The van der Waals surface area contributed by atoms with Crippen molar-refractivity contribution in [2.45, 2.75) is 63.5 Å². The molecule has 2 saturated heterocycles. The lowest BCUT2D eigenvalue weighted by atomic mass is 9.95. The lowest BCUT2D eigenvalue weighted by Gasteiger charge is -2.31. The highest BCUT2D eigenvalue weighted by Crippen LogP contribution is 2.35. The molecular formula is C14H24N2O. The molecule has 2 aliphatic heterocycles. The average molecular weight is 236 g/mol. The van der Waals surface area contributed by atoms with Gasteiger partial charge in [-0.15, -0.1) is 0 Å². The molecule has 0 aromatic heterocycles. The highest BCUT2D eigenvalue weighted by molar-refractivity contribution is 5.82. The first-order valence-electron chi connectivity index (χ1n) is 7.40. The standard InChI is InChI=1S/C14H24N2O/c17-14(12-7-3-9-15-12)16-10-4-8-13(16)11-5-1-2-6-11/h11-13,15H,1-10H2/t12-,13?/m0/s1. The molecule has 96 valence electrons. The van der Waals surface area contributed by atoms with E-state index in [1.807, 2.05) is 0 Å². The van der Waals surface area contributed by atoms with Crippen molar-refractivity contribution < 1.29 is 4.79 Å². The van der Waals surface area contributed by atoms with Crippen molar-refractivity contribution in [3.05, 3.63) is 0 Å². The quantitative estimate of drug-likeness (QED) is 0.794. The normalized spacial score (nSPS) is 34.7. The third-order valence-electron chi connectivity index (χ3n) is 4.88. The van der Waals surface area contributed by atoms with Gasteiger partial charge in [0.2, 0.25) is 5.91 Å². The number of likely N-dealkylation sites (tertiary alicyclic amines) is 1. The summed E-state index contributed by atoms with van der Waals surface area (Å²) in [6, 6.07) is 0.712. The van der Waals surface area contributed by atoms with Gasteiger partial charge in [-0.2, -0.15) is 0 Å². The van der Waals surface area contributed by atoms with Gasteiger partial charge in [0.1, 0.15) is 0 Å². The number of nitrogens with one attached hydrogen (secondary N) is 1. The summed E-state index contributed by atoms with van der Waals surface area (Å²) in [4.78, 5) is 14.7. The molecule has 0 radical (unpaired) electrons. The van der Waals surface area contributed by atoms with E-state index in [2.05, 4.69) is 10.2 Å². The maximum atomic E-state index is 12.5. The van der Waals surface area contributed by atoms with Crippen molar-refractivity contribution in [2.75, 3.05) is 13.1 Å². The van der Waals surface area contributed by atoms with Gasteiger partial charge in [-0.05, 0) is 51.0 Å². The first kappa shape index (κ1) is 11.5. The zero-order chi connectivity index (χ0) is 11.7. The average Bonchev–Trinajstić information content (AvgIpc) is 3.09. The van der Waals surface area contributed by atoms with Crippen LogP contribution in [-0.4, -0.2) is 36.0 Å². The predicted molar refractivity (Wildman–Crippen MR) is 67.7 cm³/mol. The van der Waals surface area contributed by atoms with Gasteiger partial charge in [-0.3, -0.25) is 4.79 Å². The second kappa shape index (κ2) is 4.97. The van der Waals surface area contributed by atoms with E-state index < -0.39 is 0 Å². The van der Waals surface area contributed by atoms with Gasteiger partial charge in [-0.25, -0.2) is 0 Å². The molecule has 3 aliphatic rings. The SMILES string of the molecule is O=C([C@@H]1CCCN1)N1CCCC1C1CCCC1. The molecule has 0 spiro atoms. The fourth-order valence-corrected chi connectivity index (χ4v) is 3.99. The zero-order valence-corrected chi connectivity index (χ0v) is 10.7. The van der Waals surface area contributed by atoms with Gasteiger partial charge in [-0.1, -0.05) is 12.8 Å². The van der Waals surface area contributed by atoms with Gasteiger partial charge in [0.25, 0.3) is 0 Å². The molecule has 0 aromatic carbocycles. The van der Waals surface area contributed by atoms with Crippen LogP contribution in [0.3, 0.4) is 0 Å². The summed E-state index contributed by atoms with van der Waals surface area (Å²) in [6.07, 6.45) is 10.2. The molecule has 3 heteroatoms. The molecule has 17 heavy (non-hydrogen) atoms. The van der Waals surface area contributed by atoms with Crippen LogP contribution in [0.4, 0.5) is 0 Å². The van der Waals surface area contributed by atoms with Crippen molar-refractivity contribution in [1.82, 2.24) is 10.2 Å². The lowest BCUT2D eigenvalue weighted by molar-refractivity contribution is -0.134. The summed E-state index contributed by atoms with van der Waals surface area (Å²) in [5, 5.41) is 3.35. The highest BCUT2D eigenvalue weighted by atomic mass is 16.2. The van der Waals surface area contributed by atoms with Crippen molar-refractivity contribution in [1.29, 1.82) is 0 Å². The molecular weight excluding hydrogens is 212 g/mol. The maximum absolute atomic E-state index is 12.5.